The molecule has 2 rings (SSSR count). The minimum absolute atomic E-state index is 1.01. The summed E-state index contributed by atoms with van der Waals surface area (Å²) in [5.41, 5.74) is 6.34. The van der Waals surface area contributed by atoms with E-state index < -0.39 is 8.32 Å². The van der Waals surface area contributed by atoms with E-state index in [1.54, 1.807) is 0 Å². The number of anilines is 1. The van der Waals surface area contributed by atoms with Crippen molar-refractivity contribution in [1.82, 2.24) is 4.90 Å². The van der Waals surface area contributed by atoms with Gasteiger partial charge in [-0.2, -0.15) is 0 Å². The Labute approximate surface area is 117 Å². The Morgan fingerprint density at radius 3 is 2.58 bits per heavy atom. The predicted molar refractivity (Wildman–Crippen MR) is 83.4 cm³/mol. The van der Waals surface area contributed by atoms with Crippen LogP contribution in [0.25, 0.3) is 0 Å². The van der Waals surface area contributed by atoms with Crippen LogP contribution in [0.1, 0.15) is 12.8 Å². The van der Waals surface area contributed by atoms with Crippen LogP contribution in [-0.2, 0) is 4.53 Å². The molecular weight excluding hydrogens is 252 g/mol. The first-order valence-corrected chi connectivity index (χ1v) is 10.0. The van der Waals surface area contributed by atoms with Gasteiger partial charge in [0.2, 0.25) is 8.32 Å². The van der Waals surface area contributed by atoms with E-state index in [0.717, 1.165) is 12.2 Å². The number of nitrogens with one attached hydrogen (secondary N) is 1. The Bertz CT molecular complexity index is 400. The number of hydrogen-bond donors (Lipinski definition) is 1. The summed E-state index contributed by atoms with van der Waals surface area (Å²) >= 11 is 0. The molecule has 1 fully saturated rings. The lowest BCUT2D eigenvalue weighted by molar-refractivity contribution is 0.376. The standard InChI is InChI=1S/C15H24N2OSi/c1-19(2,14-8-13-17-11-6-7-12-17)18-16-15-9-4-3-5-10-15/h3-5,8-10,14,16H,6-7,11-13H2,1-2H3/b14-8+. The molecule has 1 N–H and O–H groups in total. The van der Waals surface area contributed by atoms with Crippen molar-refractivity contribution in [3.05, 3.63) is 42.1 Å². The molecule has 0 unspecified atom stereocenters. The second-order valence-electron chi connectivity index (χ2n) is 5.58. The first-order valence-electron chi connectivity index (χ1n) is 7.05. The lowest BCUT2D eigenvalue weighted by Gasteiger charge is -2.20. The van der Waals surface area contributed by atoms with Gasteiger partial charge in [0.15, 0.2) is 0 Å². The summed E-state index contributed by atoms with van der Waals surface area (Å²) in [5, 5.41) is 0. The van der Waals surface area contributed by atoms with Crippen molar-refractivity contribution in [1.29, 1.82) is 0 Å². The summed E-state index contributed by atoms with van der Waals surface area (Å²) in [6.45, 7) is 7.95. The summed E-state index contributed by atoms with van der Waals surface area (Å²) in [4.78, 5) is 2.49. The summed E-state index contributed by atoms with van der Waals surface area (Å²) < 4.78 is 5.86. The number of hydrogen-bond acceptors (Lipinski definition) is 3. The molecule has 0 radical (unpaired) electrons. The van der Waals surface area contributed by atoms with Crippen LogP contribution >= 0.6 is 0 Å². The Kier molecular flexibility index (Phi) is 5.19. The van der Waals surface area contributed by atoms with Crippen LogP contribution in [0.15, 0.2) is 42.1 Å². The van der Waals surface area contributed by atoms with E-state index in [4.69, 9.17) is 4.53 Å². The van der Waals surface area contributed by atoms with Crippen molar-refractivity contribution < 1.29 is 4.53 Å². The van der Waals surface area contributed by atoms with Crippen molar-refractivity contribution in [3.63, 3.8) is 0 Å². The predicted octanol–water partition coefficient (Wildman–Crippen LogP) is 3.43. The minimum Gasteiger partial charge on any atom is -0.318 e. The zero-order chi connectivity index (χ0) is 13.6. The fourth-order valence-electron chi connectivity index (χ4n) is 2.18. The van der Waals surface area contributed by atoms with E-state index in [2.05, 4.69) is 35.2 Å². The summed E-state index contributed by atoms with van der Waals surface area (Å²) in [5.74, 6) is 0. The molecule has 1 saturated heterocycles. The van der Waals surface area contributed by atoms with Gasteiger partial charge >= 0.3 is 0 Å². The number of rotatable bonds is 6. The van der Waals surface area contributed by atoms with Gasteiger partial charge < -0.3 is 4.53 Å². The van der Waals surface area contributed by atoms with Gasteiger partial charge in [0.1, 0.15) is 0 Å². The van der Waals surface area contributed by atoms with Crippen molar-refractivity contribution in [3.8, 4) is 0 Å². The van der Waals surface area contributed by atoms with Gasteiger partial charge in [-0.25, -0.2) is 0 Å². The Morgan fingerprint density at radius 2 is 1.89 bits per heavy atom. The molecule has 1 aromatic carbocycles. The van der Waals surface area contributed by atoms with E-state index in [-0.39, 0.29) is 0 Å². The Hall–Kier alpha value is -1.10. The van der Waals surface area contributed by atoms with E-state index in [0.29, 0.717) is 0 Å². The number of para-hydroxylation sites is 1. The number of nitrogens with zero attached hydrogens (tertiary/aromatic N) is 1. The molecular formula is C15H24N2OSi. The molecule has 0 spiro atoms. The highest BCUT2D eigenvalue weighted by atomic mass is 28.4. The van der Waals surface area contributed by atoms with Crippen molar-refractivity contribution in [2.24, 2.45) is 0 Å². The lowest BCUT2D eigenvalue weighted by Crippen LogP contribution is -2.31. The van der Waals surface area contributed by atoms with E-state index >= 15 is 0 Å². The molecule has 19 heavy (non-hydrogen) atoms. The van der Waals surface area contributed by atoms with Crippen molar-refractivity contribution >= 4 is 14.0 Å². The maximum atomic E-state index is 5.86. The zero-order valence-electron chi connectivity index (χ0n) is 11.9. The molecule has 3 nitrogen and oxygen atoms in total. The fourth-order valence-corrected chi connectivity index (χ4v) is 3.30. The second-order valence-corrected chi connectivity index (χ2v) is 9.33. The van der Waals surface area contributed by atoms with E-state index in [1.807, 2.05) is 30.3 Å². The third-order valence-corrected chi connectivity index (χ3v) is 4.95. The molecule has 1 heterocycles. The van der Waals surface area contributed by atoms with Crippen LogP contribution in [-0.4, -0.2) is 32.9 Å². The maximum Gasteiger partial charge on any atom is 0.246 e. The molecule has 0 aliphatic carbocycles. The van der Waals surface area contributed by atoms with Gasteiger partial charge in [-0.1, -0.05) is 30.0 Å². The van der Waals surface area contributed by atoms with Gasteiger partial charge in [-0.3, -0.25) is 10.4 Å². The highest BCUT2D eigenvalue weighted by Crippen LogP contribution is 2.12. The van der Waals surface area contributed by atoms with Crippen LogP contribution < -0.4 is 5.48 Å². The van der Waals surface area contributed by atoms with E-state index in [1.165, 1.54) is 25.9 Å². The molecule has 1 aliphatic heterocycles. The molecule has 1 aliphatic rings. The van der Waals surface area contributed by atoms with Crippen molar-refractivity contribution in [2.45, 2.75) is 25.9 Å². The number of likely N-dealkylation sites (tertiary alicyclic amines) is 1. The smallest absolute Gasteiger partial charge is 0.246 e. The third-order valence-electron chi connectivity index (χ3n) is 3.29. The first-order chi connectivity index (χ1) is 9.16. The van der Waals surface area contributed by atoms with Crippen LogP contribution in [0.2, 0.25) is 13.1 Å². The maximum absolute atomic E-state index is 5.86. The fraction of sp³-hybridized carbons (Fsp3) is 0.467. The summed E-state index contributed by atoms with van der Waals surface area (Å²) in [7, 11) is -1.78. The Balaban J connectivity index is 1.75. The van der Waals surface area contributed by atoms with Crippen LogP contribution in [0.5, 0.6) is 0 Å². The Morgan fingerprint density at radius 1 is 1.21 bits per heavy atom. The molecule has 0 bridgehead atoms. The van der Waals surface area contributed by atoms with Crippen LogP contribution in [0.4, 0.5) is 5.69 Å². The zero-order valence-corrected chi connectivity index (χ0v) is 12.9. The first kappa shape index (κ1) is 14.3. The molecule has 4 heteroatoms. The molecule has 1 aromatic rings. The highest BCUT2D eigenvalue weighted by molar-refractivity contribution is 6.76. The largest absolute Gasteiger partial charge is 0.318 e. The quantitative estimate of drug-likeness (QED) is 0.636. The summed E-state index contributed by atoms with van der Waals surface area (Å²) in [6.07, 6.45) is 4.96. The normalized spacial score (nSPS) is 17.2. The van der Waals surface area contributed by atoms with Gasteiger partial charge in [-0.15, -0.1) is 0 Å². The summed E-state index contributed by atoms with van der Waals surface area (Å²) in [6, 6.07) is 10.0. The van der Waals surface area contributed by atoms with Gasteiger partial charge in [0, 0.05) is 6.54 Å². The molecule has 0 atom stereocenters. The van der Waals surface area contributed by atoms with Gasteiger partial charge in [-0.05, 0) is 51.2 Å². The minimum atomic E-state index is -1.78. The lowest BCUT2D eigenvalue weighted by atomic mass is 10.3. The average Bonchev–Trinajstić information content (AvgIpc) is 2.91. The highest BCUT2D eigenvalue weighted by Gasteiger charge is 2.19. The molecule has 0 aromatic heterocycles. The van der Waals surface area contributed by atoms with Crippen LogP contribution in [0.3, 0.4) is 0 Å². The van der Waals surface area contributed by atoms with Crippen molar-refractivity contribution in [2.75, 3.05) is 25.1 Å². The third kappa shape index (κ3) is 5.18. The van der Waals surface area contributed by atoms with Gasteiger partial charge in [0.25, 0.3) is 0 Å². The topological polar surface area (TPSA) is 24.5 Å². The number of benzene rings is 1. The van der Waals surface area contributed by atoms with E-state index in [9.17, 15) is 0 Å². The molecule has 0 saturated carbocycles. The van der Waals surface area contributed by atoms with Gasteiger partial charge in [0.05, 0.1) is 5.69 Å². The van der Waals surface area contributed by atoms with Crippen LogP contribution in [0, 0.1) is 0 Å². The monoisotopic (exact) mass is 276 g/mol. The molecule has 0 amide bonds. The molecule has 104 valence electrons. The second kappa shape index (κ2) is 6.89. The SMILES string of the molecule is C[Si](C)(/C=C/CN1CCCC1)ONc1ccccc1. The average molecular weight is 276 g/mol.